The molecule has 2 unspecified atom stereocenters. The molecule has 1 amide bonds. The molecule has 0 aliphatic carbocycles. The van der Waals surface area contributed by atoms with Crippen molar-refractivity contribution >= 4 is 35.0 Å². The first kappa shape index (κ1) is 18.1. The summed E-state index contributed by atoms with van der Waals surface area (Å²) in [6.45, 7) is 0. The number of thioether (sulfide) groups is 1. The largest absolute Gasteiger partial charge is 0.481 e. The molecule has 2 aromatic carbocycles. The lowest BCUT2D eigenvalue weighted by Gasteiger charge is -2.26. The molecule has 2 aromatic rings. The van der Waals surface area contributed by atoms with Gasteiger partial charge in [-0.15, -0.1) is 11.8 Å². The van der Waals surface area contributed by atoms with Crippen LogP contribution in [0.2, 0.25) is 0 Å². The minimum atomic E-state index is -0.973. The number of hydrazine groups is 1. The van der Waals surface area contributed by atoms with Gasteiger partial charge in [0.2, 0.25) is 0 Å². The fourth-order valence-corrected chi connectivity index (χ4v) is 4.14. The van der Waals surface area contributed by atoms with Crippen LogP contribution in [0, 0.1) is 0 Å². The van der Waals surface area contributed by atoms with E-state index in [1.165, 1.54) is 16.8 Å². The summed E-state index contributed by atoms with van der Waals surface area (Å²) >= 11 is 1.36. The number of carboxylic acid groups (broad SMARTS) is 1. The normalized spacial score (nSPS) is 19.5. The number of carbonyl (C=O) groups is 2. The Morgan fingerprint density at radius 2 is 1.81 bits per heavy atom. The maximum atomic E-state index is 12.8. The number of nitrogens with zero attached hydrogens (tertiary/aromatic N) is 2. The predicted molar refractivity (Wildman–Crippen MR) is 104 cm³/mol. The second-order valence-electron chi connectivity index (χ2n) is 6.25. The number of aliphatic carboxylic acids is 1. The van der Waals surface area contributed by atoms with Crippen LogP contribution in [0.3, 0.4) is 0 Å². The third-order valence-electron chi connectivity index (χ3n) is 4.12. The molecule has 1 fully saturated rings. The fraction of sp³-hybridized carbons (Fsp3) is 0.263. The van der Waals surface area contributed by atoms with E-state index in [2.05, 4.69) is 5.43 Å². The summed E-state index contributed by atoms with van der Waals surface area (Å²) in [4.78, 5) is 25.9. The summed E-state index contributed by atoms with van der Waals surface area (Å²) in [6, 6.07) is 17.3. The van der Waals surface area contributed by atoms with E-state index in [9.17, 15) is 9.59 Å². The molecule has 0 aromatic heterocycles. The minimum Gasteiger partial charge on any atom is -0.481 e. The van der Waals surface area contributed by atoms with Gasteiger partial charge in [0, 0.05) is 19.8 Å². The average molecular weight is 371 g/mol. The van der Waals surface area contributed by atoms with Crippen LogP contribution in [-0.2, 0) is 9.59 Å². The number of anilines is 2. The van der Waals surface area contributed by atoms with E-state index < -0.39 is 11.2 Å². The van der Waals surface area contributed by atoms with Gasteiger partial charge in [-0.1, -0.05) is 30.3 Å². The number of hydrogen-bond acceptors (Lipinski definition) is 5. The van der Waals surface area contributed by atoms with Crippen LogP contribution < -0.4 is 10.3 Å². The van der Waals surface area contributed by atoms with Gasteiger partial charge in [0.15, 0.2) is 0 Å². The quantitative estimate of drug-likeness (QED) is 0.812. The van der Waals surface area contributed by atoms with Crippen molar-refractivity contribution in [3.63, 3.8) is 0 Å². The van der Waals surface area contributed by atoms with Gasteiger partial charge < -0.3 is 10.0 Å². The Morgan fingerprint density at radius 3 is 2.38 bits per heavy atom. The lowest BCUT2D eigenvalue weighted by molar-refractivity contribution is -0.139. The molecule has 1 saturated heterocycles. The van der Waals surface area contributed by atoms with Gasteiger partial charge in [0.1, 0.15) is 5.37 Å². The molecule has 136 valence electrons. The van der Waals surface area contributed by atoms with Gasteiger partial charge in [-0.3, -0.25) is 15.0 Å². The molecular weight excluding hydrogens is 350 g/mol. The molecular formula is C19H21N3O3S. The molecule has 2 atom stereocenters. The molecule has 3 rings (SSSR count). The minimum absolute atomic E-state index is 0.192. The highest BCUT2D eigenvalue weighted by Crippen LogP contribution is 2.44. The van der Waals surface area contributed by atoms with E-state index >= 15 is 0 Å². The first-order valence-corrected chi connectivity index (χ1v) is 9.19. The van der Waals surface area contributed by atoms with Gasteiger partial charge >= 0.3 is 5.97 Å². The van der Waals surface area contributed by atoms with Crippen LogP contribution in [0.4, 0.5) is 11.4 Å². The summed E-state index contributed by atoms with van der Waals surface area (Å²) in [5.41, 5.74) is 5.94. The van der Waals surface area contributed by atoms with E-state index in [0.717, 1.165) is 16.9 Å². The molecule has 1 aliphatic heterocycles. The fourth-order valence-electron chi connectivity index (χ4n) is 2.77. The molecule has 0 bridgehead atoms. The topological polar surface area (TPSA) is 72.9 Å². The molecule has 0 saturated carbocycles. The van der Waals surface area contributed by atoms with Crippen LogP contribution in [0.25, 0.3) is 0 Å². The molecule has 1 aliphatic rings. The van der Waals surface area contributed by atoms with Crippen molar-refractivity contribution < 1.29 is 14.7 Å². The highest BCUT2D eigenvalue weighted by Gasteiger charge is 2.42. The smallest absolute Gasteiger partial charge is 0.305 e. The monoisotopic (exact) mass is 371 g/mol. The SMILES string of the molecule is CN(C)c1ccc(C2SC(CC(=O)O)C(=O)N2Nc2ccccc2)cc1. The van der Waals surface area contributed by atoms with Crippen molar-refractivity contribution in [3.05, 3.63) is 60.2 Å². The van der Waals surface area contributed by atoms with Crippen molar-refractivity contribution in [2.75, 3.05) is 24.4 Å². The van der Waals surface area contributed by atoms with Crippen molar-refractivity contribution in [1.82, 2.24) is 5.01 Å². The highest BCUT2D eigenvalue weighted by atomic mass is 32.2. The van der Waals surface area contributed by atoms with E-state index in [1.54, 1.807) is 0 Å². The van der Waals surface area contributed by atoms with Gasteiger partial charge in [-0.25, -0.2) is 5.01 Å². The number of hydrogen-bond donors (Lipinski definition) is 2. The second kappa shape index (κ2) is 7.70. The molecule has 26 heavy (non-hydrogen) atoms. The Bertz CT molecular complexity index is 780. The molecule has 2 N–H and O–H groups in total. The summed E-state index contributed by atoms with van der Waals surface area (Å²) in [5, 5.41) is 9.75. The number of nitrogens with one attached hydrogen (secondary N) is 1. The van der Waals surface area contributed by atoms with E-state index in [0.29, 0.717) is 0 Å². The van der Waals surface area contributed by atoms with Gasteiger partial charge in [0.25, 0.3) is 5.91 Å². The number of benzene rings is 2. The first-order valence-electron chi connectivity index (χ1n) is 8.25. The van der Waals surface area contributed by atoms with Crippen LogP contribution in [-0.4, -0.2) is 41.3 Å². The Labute approximate surface area is 156 Å². The zero-order valence-electron chi connectivity index (χ0n) is 14.6. The molecule has 1 heterocycles. The van der Waals surface area contributed by atoms with Gasteiger partial charge in [0.05, 0.1) is 17.4 Å². The highest BCUT2D eigenvalue weighted by molar-refractivity contribution is 8.01. The summed E-state index contributed by atoms with van der Waals surface area (Å²) < 4.78 is 0. The number of carboxylic acids is 1. The number of para-hydroxylation sites is 1. The summed E-state index contributed by atoms with van der Waals surface area (Å²) in [6.07, 6.45) is -0.192. The molecule has 0 radical (unpaired) electrons. The van der Waals surface area contributed by atoms with Crippen LogP contribution in [0.5, 0.6) is 0 Å². The van der Waals surface area contributed by atoms with Crippen molar-refractivity contribution in [2.24, 2.45) is 0 Å². The predicted octanol–water partition coefficient (Wildman–Crippen LogP) is 3.20. The third kappa shape index (κ3) is 3.94. The average Bonchev–Trinajstić information content (AvgIpc) is 2.92. The lowest BCUT2D eigenvalue weighted by Crippen LogP contribution is -2.36. The maximum Gasteiger partial charge on any atom is 0.305 e. The molecule has 7 heteroatoms. The summed E-state index contributed by atoms with van der Waals surface area (Å²) in [7, 11) is 3.93. The summed E-state index contributed by atoms with van der Waals surface area (Å²) in [5.74, 6) is -1.19. The molecule has 6 nitrogen and oxygen atoms in total. The Morgan fingerprint density at radius 1 is 1.15 bits per heavy atom. The third-order valence-corrected chi connectivity index (χ3v) is 5.56. The number of amides is 1. The molecule has 0 spiro atoms. The lowest BCUT2D eigenvalue weighted by atomic mass is 10.2. The van der Waals surface area contributed by atoms with Crippen molar-refractivity contribution in [1.29, 1.82) is 0 Å². The Kier molecular flexibility index (Phi) is 5.37. The van der Waals surface area contributed by atoms with Crippen LogP contribution in [0.1, 0.15) is 17.4 Å². The Hall–Kier alpha value is -2.67. The van der Waals surface area contributed by atoms with Crippen molar-refractivity contribution in [2.45, 2.75) is 17.0 Å². The zero-order valence-corrected chi connectivity index (χ0v) is 15.4. The van der Waals surface area contributed by atoms with E-state index in [1.807, 2.05) is 73.6 Å². The second-order valence-corrected chi connectivity index (χ2v) is 7.53. The number of carbonyl (C=O) groups excluding carboxylic acids is 1. The standard InChI is InChI=1S/C19H21N3O3S/c1-21(2)15-10-8-13(9-11-15)19-22(20-14-6-4-3-5-7-14)18(25)16(26-19)12-17(23)24/h3-11,16,19-20H,12H2,1-2H3,(H,23,24). The number of rotatable bonds is 6. The van der Waals surface area contributed by atoms with Crippen LogP contribution >= 0.6 is 11.8 Å². The first-order chi connectivity index (χ1) is 12.5. The van der Waals surface area contributed by atoms with Crippen molar-refractivity contribution in [3.8, 4) is 0 Å². The van der Waals surface area contributed by atoms with E-state index in [4.69, 9.17) is 5.11 Å². The van der Waals surface area contributed by atoms with Gasteiger partial charge in [-0.2, -0.15) is 0 Å². The van der Waals surface area contributed by atoms with E-state index in [-0.39, 0.29) is 17.7 Å². The zero-order chi connectivity index (χ0) is 18.7. The Balaban J connectivity index is 1.88. The maximum absolute atomic E-state index is 12.8. The van der Waals surface area contributed by atoms with Crippen LogP contribution in [0.15, 0.2) is 54.6 Å². The van der Waals surface area contributed by atoms with Gasteiger partial charge in [-0.05, 0) is 29.8 Å².